The number of likely N-dealkylation sites (tertiary alicyclic amines) is 1. The summed E-state index contributed by atoms with van der Waals surface area (Å²) < 4.78 is 5.59. The van der Waals surface area contributed by atoms with Crippen LogP contribution in [0.15, 0.2) is 12.4 Å². The maximum atomic E-state index is 12.5. The second kappa shape index (κ2) is 7.36. The van der Waals surface area contributed by atoms with E-state index in [0.29, 0.717) is 0 Å². The van der Waals surface area contributed by atoms with Crippen molar-refractivity contribution in [2.24, 2.45) is 10.8 Å². The van der Waals surface area contributed by atoms with Gasteiger partial charge in [0.05, 0.1) is 5.39 Å². The minimum atomic E-state index is -0.454. The lowest BCUT2D eigenvalue weighted by molar-refractivity contribution is 0.0276. The fourth-order valence-corrected chi connectivity index (χ4v) is 5.91. The van der Waals surface area contributed by atoms with E-state index in [4.69, 9.17) is 4.74 Å². The van der Waals surface area contributed by atoms with E-state index in [1.807, 2.05) is 25.7 Å². The third-order valence-electron chi connectivity index (χ3n) is 5.89. The number of fused-ring (bicyclic) bond motifs is 1. The molecule has 2 aromatic heterocycles. The van der Waals surface area contributed by atoms with Crippen molar-refractivity contribution in [1.82, 2.24) is 14.9 Å². The summed E-state index contributed by atoms with van der Waals surface area (Å²) in [7, 11) is 0. The molecule has 1 spiro atoms. The van der Waals surface area contributed by atoms with Crippen LogP contribution < -0.4 is 4.90 Å². The molecular weight excluding hydrogens is 396 g/mol. The van der Waals surface area contributed by atoms with Gasteiger partial charge in [0.25, 0.3) is 0 Å². The van der Waals surface area contributed by atoms with Gasteiger partial charge in [-0.1, -0.05) is 20.8 Å². The molecule has 4 rings (SSSR count). The molecule has 0 aromatic carbocycles. The highest BCUT2D eigenvalue weighted by Crippen LogP contribution is 2.43. The molecule has 1 unspecified atom stereocenters. The van der Waals surface area contributed by atoms with Crippen LogP contribution in [0.2, 0.25) is 0 Å². The number of rotatable bonds is 2. The Kier molecular flexibility index (Phi) is 5.24. The summed E-state index contributed by atoms with van der Waals surface area (Å²) in [5.74, 6) is 1.05. The van der Waals surface area contributed by atoms with Gasteiger partial charge in [0.15, 0.2) is 0 Å². The molecule has 0 aliphatic carbocycles. The van der Waals surface area contributed by atoms with Crippen LogP contribution in [0.3, 0.4) is 0 Å². The molecule has 164 valence electrons. The second-order valence-corrected chi connectivity index (χ2v) is 12.3. The maximum absolute atomic E-state index is 12.5. The summed E-state index contributed by atoms with van der Waals surface area (Å²) in [6.07, 6.45) is 4.66. The highest BCUT2D eigenvalue weighted by Gasteiger charge is 2.46. The number of aromatic nitrogens is 2. The maximum Gasteiger partial charge on any atom is 0.410 e. The van der Waals surface area contributed by atoms with Gasteiger partial charge in [-0.25, -0.2) is 14.8 Å². The minimum Gasteiger partial charge on any atom is -0.444 e. The van der Waals surface area contributed by atoms with Gasteiger partial charge in [-0.3, -0.25) is 0 Å². The van der Waals surface area contributed by atoms with Gasteiger partial charge in [-0.2, -0.15) is 0 Å². The quantitative estimate of drug-likeness (QED) is 0.662. The third-order valence-corrected chi connectivity index (χ3v) is 6.93. The monoisotopic (exact) mass is 430 g/mol. The Balaban J connectivity index is 1.50. The molecule has 0 saturated carbocycles. The van der Waals surface area contributed by atoms with Crippen LogP contribution in [-0.4, -0.2) is 52.7 Å². The first-order chi connectivity index (χ1) is 13.9. The van der Waals surface area contributed by atoms with E-state index in [2.05, 4.69) is 41.7 Å². The summed E-state index contributed by atoms with van der Waals surface area (Å²) in [5, 5.41) is 1.17. The molecule has 2 aliphatic rings. The Bertz CT molecular complexity index is 943. The van der Waals surface area contributed by atoms with E-state index in [1.165, 1.54) is 10.3 Å². The van der Waals surface area contributed by atoms with Gasteiger partial charge in [0.2, 0.25) is 0 Å². The molecule has 2 saturated heterocycles. The molecule has 7 heteroatoms. The topological polar surface area (TPSA) is 58.6 Å². The zero-order valence-electron chi connectivity index (χ0n) is 19.1. The predicted molar refractivity (Wildman–Crippen MR) is 122 cm³/mol. The van der Waals surface area contributed by atoms with Crippen molar-refractivity contribution in [2.75, 3.05) is 31.1 Å². The van der Waals surface area contributed by atoms with Crippen LogP contribution >= 0.6 is 11.3 Å². The number of thiophene rings is 1. The molecule has 30 heavy (non-hydrogen) atoms. The number of hydrogen-bond acceptors (Lipinski definition) is 6. The summed E-state index contributed by atoms with van der Waals surface area (Å²) in [4.78, 5) is 28.4. The average Bonchev–Trinajstić information content (AvgIpc) is 3.30. The molecule has 6 nitrogen and oxygen atoms in total. The Morgan fingerprint density at radius 1 is 1.13 bits per heavy atom. The fraction of sp³-hybridized carbons (Fsp3) is 0.696. The Labute approximate surface area is 183 Å². The van der Waals surface area contributed by atoms with Gasteiger partial charge in [0.1, 0.15) is 22.6 Å². The van der Waals surface area contributed by atoms with Crippen molar-refractivity contribution >= 4 is 33.5 Å². The van der Waals surface area contributed by atoms with E-state index in [-0.39, 0.29) is 16.9 Å². The molecular formula is C23H34N4O2S. The molecule has 1 amide bonds. The van der Waals surface area contributed by atoms with Crippen LogP contribution in [0.4, 0.5) is 10.6 Å². The number of carbonyl (C=O) groups is 1. The van der Waals surface area contributed by atoms with Gasteiger partial charge in [-0.05, 0) is 51.5 Å². The molecule has 0 bridgehead atoms. The number of hydrogen-bond donors (Lipinski definition) is 0. The Hall–Kier alpha value is -1.89. The normalized spacial score (nSPS) is 22.5. The second-order valence-electron chi connectivity index (χ2n) is 11.2. The Morgan fingerprint density at radius 3 is 2.57 bits per heavy atom. The number of anilines is 1. The number of nitrogens with zero attached hydrogens (tertiary/aromatic N) is 4. The fourth-order valence-electron chi connectivity index (χ4n) is 4.62. The first-order valence-corrected chi connectivity index (χ1v) is 11.7. The SMILES string of the molecule is CC(C)(C)Cc1cc2c(N3CCC4(CCN(C(=O)OC(C)(C)C)C4)C3)ncnc2s1. The van der Waals surface area contributed by atoms with Crippen LogP contribution in [0, 0.1) is 10.8 Å². The van der Waals surface area contributed by atoms with Crippen LogP contribution in [0.25, 0.3) is 10.2 Å². The van der Waals surface area contributed by atoms with Crippen molar-refractivity contribution in [3.05, 3.63) is 17.3 Å². The van der Waals surface area contributed by atoms with Crippen molar-refractivity contribution in [3.63, 3.8) is 0 Å². The summed E-state index contributed by atoms with van der Waals surface area (Å²) in [6, 6.07) is 2.28. The van der Waals surface area contributed by atoms with Crippen LogP contribution in [0.1, 0.15) is 59.3 Å². The highest BCUT2D eigenvalue weighted by molar-refractivity contribution is 7.18. The van der Waals surface area contributed by atoms with Crippen LogP contribution in [0.5, 0.6) is 0 Å². The van der Waals surface area contributed by atoms with Crippen LogP contribution in [-0.2, 0) is 11.2 Å². The molecule has 2 fully saturated rings. The summed E-state index contributed by atoms with van der Waals surface area (Å²) in [5.41, 5.74) is -0.0651. The standard InChI is InChI=1S/C23H34N4O2S/c1-21(2,3)12-16-11-17-18(24-15-25-19(17)30-16)26-9-7-23(13-26)8-10-27(14-23)20(28)29-22(4,5)6/h11,15H,7-10,12-14H2,1-6H3. The lowest BCUT2D eigenvalue weighted by Gasteiger charge is -2.27. The smallest absolute Gasteiger partial charge is 0.410 e. The van der Waals surface area contributed by atoms with E-state index in [0.717, 1.165) is 56.1 Å². The molecule has 0 radical (unpaired) electrons. The molecule has 4 heterocycles. The highest BCUT2D eigenvalue weighted by atomic mass is 32.1. The van der Waals surface area contributed by atoms with Gasteiger partial charge in [-0.15, -0.1) is 11.3 Å². The van der Waals surface area contributed by atoms with E-state index in [9.17, 15) is 4.79 Å². The average molecular weight is 431 g/mol. The first kappa shape index (κ1) is 21.3. The van der Waals surface area contributed by atoms with Gasteiger partial charge < -0.3 is 14.5 Å². The van der Waals surface area contributed by atoms with E-state index in [1.54, 1.807) is 17.7 Å². The minimum absolute atomic E-state index is 0.137. The van der Waals surface area contributed by atoms with E-state index < -0.39 is 5.60 Å². The lowest BCUT2D eigenvalue weighted by Crippen LogP contribution is -2.37. The number of carbonyl (C=O) groups excluding carboxylic acids is 1. The number of ether oxygens (including phenoxy) is 1. The van der Waals surface area contributed by atoms with Crippen molar-refractivity contribution in [2.45, 2.75) is 66.4 Å². The van der Waals surface area contributed by atoms with Gasteiger partial charge in [0, 0.05) is 36.5 Å². The summed E-state index contributed by atoms with van der Waals surface area (Å²) >= 11 is 1.78. The first-order valence-electron chi connectivity index (χ1n) is 10.9. The molecule has 1 atom stereocenters. The van der Waals surface area contributed by atoms with Crippen molar-refractivity contribution < 1.29 is 9.53 Å². The molecule has 2 aliphatic heterocycles. The zero-order chi connectivity index (χ0) is 21.7. The summed E-state index contributed by atoms with van der Waals surface area (Å²) in [6.45, 7) is 16.0. The Morgan fingerprint density at radius 2 is 1.87 bits per heavy atom. The predicted octanol–water partition coefficient (Wildman–Crippen LogP) is 5.12. The third kappa shape index (κ3) is 4.56. The largest absolute Gasteiger partial charge is 0.444 e. The zero-order valence-corrected chi connectivity index (χ0v) is 19.9. The molecule has 2 aromatic rings. The van der Waals surface area contributed by atoms with Crippen molar-refractivity contribution in [1.29, 1.82) is 0 Å². The van der Waals surface area contributed by atoms with E-state index >= 15 is 0 Å². The lowest BCUT2D eigenvalue weighted by atomic mass is 9.86. The van der Waals surface area contributed by atoms with Crippen molar-refractivity contribution in [3.8, 4) is 0 Å². The van der Waals surface area contributed by atoms with Gasteiger partial charge >= 0.3 is 6.09 Å². The number of amides is 1. The molecule has 0 N–H and O–H groups in total.